The second-order valence-corrected chi connectivity index (χ2v) is 6.08. The summed E-state index contributed by atoms with van der Waals surface area (Å²) in [6.45, 7) is 10.9. The highest BCUT2D eigenvalue weighted by Crippen LogP contribution is 2.30. The summed E-state index contributed by atoms with van der Waals surface area (Å²) in [7, 11) is 3.42. The van der Waals surface area contributed by atoms with Gasteiger partial charge in [-0.3, -0.25) is 4.90 Å². The van der Waals surface area contributed by atoms with Gasteiger partial charge in [-0.1, -0.05) is 20.8 Å². The van der Waals surface area contributed by atoms with Crippen LogP contribution in [0.3, 0.4) is 0 Å². The highest BCUT2D eigenvalue weighted by Gasteiger charge is 2.28. The molecule has 0 saturated heterocycles. The quantitative estimate of drug-likeness (QED) is 0.783. The number of esters is 1. The molecule has 1 aromatic heterocycles. The van der Waals surface area contributed by atoms with Crippen molar-refractivity contribution in [2.45, 2.75) is 46.7 Å². The number of ether oxygens (including phenoxy) is 1. The number of nitrogens with zero attached hydrogens (tertiary/aromatic N) is 1. The third-order valence-corrected chi connectivity index (χ3v) is 3.90. The molecule has 0 N–H and O–H groups in total. The van der Waals surface area contributed by atoms with Crippen LogP contribution in [-0.2, 0) is 4.74 Å². The second kappa shape index (κ2) is 5.78. The van der Waals surface area contributed by atoms with Crippen molar-refractivity contribution in [1.29, 1.82) is 0 Å². The molecule has 1 aromatic rings. The zero-order valence-corrected chi connectivity index (χ0v) is 13.0. The fourth-order valence-corrected chi connectivity index (χ4v) is 1.93. The molecule has 0 aliphatic heterocycles. The second-order valence-electron chi connectivity index (χ2n) is 6.08. The lowest BCUT2D eigenvalue weighted by Gasteiger charge is -2.38. The van der Waals surface area contributed by atoms with E-state index in [2.05, 4.69) is 51.3 Å². The van der Waals surface area contributed by atoms with Crippen molar-refractivity contribution in [2.75, 3.05) is 14.2 Å². The van der Waals surface area contributed by atoms with Crippen LogP contribution in [0.5, 0.6) is 0 Å². The zero-order chi connectivity index (χ0) is 14.8. The fourth-order valence-electron chi connectivity index (χ4n) is 1.93. The molecule has 0 fully saturated rings. The van der Waals surface area contributed by atoms with Crippen molar-refractivity contribution in [1.82, 2.24) is 4.90 Å². The number of methoxy groups -OCH3 is 1. The average molecular weight is 267 g/mol. The zero-order valence-electron chi connectivity index (χ0n) is 13.0. The first-order valence-corrected chi connectivity index (χ1v) is 6.58. The summed E-state index contributed by atoms with van der Waals surface area (Å²) in [6.07, 6.45) is 0. The lowest BCUT2D eigenvalue weighted by atomic mass is 9.86. The molecule has 0 aliphatic carbocycles. The van der Waals surface area contributed by atoms with Crippen LogP contribution in [0, 0.1) is 5.41 Å². The molecule has 2 atom stereocenters. The summed E-state index contributed by atoms with van der Waals surface area (Å²) in [5.41, 5.74) is 0.181. The Balaban J connectivity index is 2.85. The molecule has 0 saturated carbocycles. The van der Waals surface area contributed by atoms with Crippen LogP contribution in [0.25, 0.3) is 0 Å². The van der Waals surface area contributed by atoms with Gasteiger partial charge < -0.3 is 9.15 Å². The number of rotatable bonds is 4. The van der Waals surface area contributed by atoms with Gasteiger partial charge in [0.1, 0.15) is 5.76 Å². The smallest absolute Gasteiger partial charge is 0.373 e. The molecule has 4 heteroatoms. The molecular weight excluding hydrogens is 242 g/mol. The maximum absolute atomic E-state index is 11.4. The number of carbonyl (C=O) groups excluding carboxylic acids is 1. The summed E-state index contributed by atoms with van der Waals surface area (Å²) in [5, 5.41) is 0. The highest BCUT2D eigenvalue weighted by molar-refractivity contribution is 5.86. The van der Waals surface area contributed by atoms with Crippen LogP contribution < -0.4 is 0 Å². The Hall–Kier alpha value is -1.29. The first-order valence-electron chi connectivity index (χ1n) is 6.58. The van der Waals surface area contributed by atoms with Crippen molar-refractivity contribution in [3.63, 3.8) is 0 Å². The monoisotopic (exact) mass is 267 g/mol. The molecule has 0 amide bonds. The topological polar surface area (TPSA) is 42.7 Å². The van der Waals surface area contributed by atoms with E-state index in [1.165, 1.54) is 7.11 Å². The van der Waals surface area contributed by atoms with Gasteiger partial charge in [-0.25, -0.2) is 4.79 Å². The van der Waals surface area contributed by atoms with Crippen molar-refractivity contribution in [3.05, 3.63) is 23.7 Å². The molecule has 108 valence electrons. The summed E-state index contributed by atoms with van der Waals surface area (Å²) >= 11 is 0. The number of furan rings is 1. The van der Waals surface area contributed by atoms with Crippen molar-refractivity contribution < 1.29 is 13.9 Å². The Morgan fingerprint density at radius 2 is 1.89 bits per heavy atom. The molecule has 1 heterocycles. The minimum atomic E-state index is -0.440. The number of carbonyl (C=O) groups is 1. The minimum absolute atomic E-state index is 0.104. The van der Waals surface area contributed by atoms with E-state index in [-0.39, 0.29) is 17.2 Å². The van der Waals surface area contributed by atoms with Gasteiger partial charge in [0.05, 0.1) is 13.2 Å². The van der Waals surface area contributed by atoms with Gasteiger partial charge in [0.2, 0.25) is 5.76 Å². The van der Waals surface area contributed by atoms with Gasteiger partial charge in [0, 0.05) is 6.04 Å². The van der Waals surface area contributed by atoms with Crippen LogP contribution in [0.15, 0.2) is 16.5 Å². The van der Waals surface area contributed by atoms with Crippen LogP contribution in [0.2, 0.25) is 0 Å². The van der Waals surface area contributed by atoms with E-state index in [0.717, 1.165) is 5.76 Å². The first-order chi connectivity index (χ1) is 8.68. The largest absolute Gasteiger partial charge is 0.463 e. The van der Waals surface area contributed by atoms with Crippen LogP contribution in [-0.4, -0.2) is 31.1 Å². The fraction of sp³-hybridized carbons (Fsp3) is 0.667. The molecule has 0 aromatic carbocycles. The molecule has 0 spiro atoms. The Morgan fingerprint density at radius 3 is 2.37 bits per heavy atom. The van der Waals surface area contributed by atoms with Crippen molar-refractivity contribution >= 4 is 5.97 Å². The highest BCUT2D eigenvalue weighted by atomic mass is 16.5. The normalized spacial score (nSPS) is 15.4. The molecule has 4 nitrogen and oxygen atoms in total. The van der Waals surface area contributed by atoms with Gasteiger partial charge in [0.15, 0.2) is 0 Å². The van der Waals surface area contributed by atoms with Gasteiger partial charge in [-0.05, 0) is 38.4 Å². The van der Waals surface area contributed by atoms with Crippen molar-refractivity contribution in [2.24, 2.45) is 5.41 Å². The minimum Gasteiger partial charge on any atom is -0.463 e. The van der Waals surface area contributed by atoms with Crippen LogP contribution in [0.1, 0.15) is 57.0 Å². The average Bonchev–Trinajstić information content (AvgIpc) is 2.83. The summed E-state index contributed by atoms with van der Waals surface area (Å²) in [6, 6.07) is 3.98. The predicted octanol–water partition coefficient (Wildman–Crippen LogP) is 3.49. The third kappa shape index (κ3) is 3.60. The Bertz CT molecular complexity index is 431. The molecule has 2 unspecified atom stereocenters. The molecule has 1 rings (SSSR count). The molecular formula is C15H25NO3. The summed E-state index contributed by atoms with van der Waals surface area (Å²) in [4.78, 5) is 13.6. The lowest BCUT2D eigenvalue weighted by molar-refractivity contribution is 0.0551. The number of hydrogen-bond donors (Lipinski definition) is 0. The van der Waals surface area contributed by atoms with Gasteiger partial charge in [-0.15, -0.1) is 0 Å². The van der Waals surface area contributed by atoms with E-state index in [1.807, 2.05) is 6.07 Å². The summed E-state index contributed by atoms with van der Waals surface area (Å²) < 4.78 is 10.2. The van der Waals surface area contributed by atoms with Crippen LogP contribution >= 0.6 is 0 Å². The SMILES string of the molecule is COC(=O)c1ccc(C(C)N(C)C(C)C(C)(C)C)o1. The molecule has 0 aliphatic rings. The Labute approximate surface area is 115 Å². The van der Waals surface area contributed by atoms with Gasteiger partial charge in [0.25, 0.3) is 0 Å². The van der Waals surface area contributed by atoms with Crippen LogP contribution in [0.4, 0.5) is 0 Å². The lowest BCUT2D eigenvalue weighted by Crippen LogP contribution is -2.40. The Morgan fingerprint density at radius 1 is 1.32 bits per heavy atom. The first kappa shape index (κ1) is 15.8. The van der Waals surface area contributed by atoms with E-state index in [0.29, 0.717) is 6.04 Å². The van der Waals surface area contributed by atoms with E-state index >= 15 is 0 Å². The maximum Gasteiger partial charge on any atom is 0.373 e. The van der Waals surface area contributed by atoms with E-state index < -0.39 is 5.97 Å². The van der Waals surface area contributed by atoms with E-state index in [4.69, 9.17) is 4.42 Å². The standard InChI is InChI=1S/C15H25NO3/c1-10(16(6)11(2)15(3,4)5)12-8-9-13(19-12)14(17)18-7/h8-11H,1-7H3. The molecule has 0 radical (unpaired) electrons. The maximum atomic E-state index is 11.4. The third-order valence-electron chi connectivity index (χ3n) is 3.90. The molecule has 19 heavy (non-hydrogen) atoms. The predicted molar refractivity (Wildman–Crippen MR) is 75.1 cm³/mol. The van der Waals surface area contributed by atoms with E-state index in [1.54, 1.807) is 6.07 Å². The molecule has 0 bridgehead atoms. The van der Waals surface area contributed by atoms with E-state index in [9.17, 15) is 4.79 Å². The number of hydrogen-bond acceptors (Lipinski definition) is 4. The Kier molecular flexibility index (Phi) is 4.80. The van der Waals surface area contributed by atoms with Gasteiger partial charge >= 0.3 is 5.97 Å². The summed E-state index contributed by atoms with van der Waals surface area (Å²) in [5.74, 6) is 0.588. The van der Waals surface area contributed by atoms with Crippen molar-refractivity contribution in [3.8, 4) is 0 Å². The van der Waals surface area contributed by atoms with Gasteiger partial charge in [-0.2, -0.15) is 0 Å².